The maximum atomic E-state index is 12.1. The van der Waals surface area contributed by atoms with E-state index in [1.54, 1.807) is 18.2 Å². The Labute approximate surface area is 116 Å². The van der Waals surface area contributed by atoms with E-state index >= 15 is 0 Å². The van der Waals surface area contributed by atoms with Crippen molar-refractivity contribution in [1.82, 2.24) is 5.43 Å². The number of rotatable bonds is 3. The van der Waals surface area contributed by atoms with Crippen molar-refractivity contribution in [1.29, 1.82) is 0 Å². The van der Waals surface area contributed by atoms with E-state index in [0.29, 0.717) is 5.69 Å². The number of carbonyl (C=O) groups excluding carboxylic acids is 1. The fraction of sp³-hybridized carbons (Fsp3) is 0.462. The molecule has 0 aliphatic heterocycles. The van der Waals surface area contributed by atoms with Crippen LogP contribution in [0.5, 0.6) is 0 Å². The summed E-state index contributed by atoms with van der Waals surface area (Å²) in [5.74, 6) is 5.23. The van der Waals surface area contributed by atoms with E-state index in [1.165, 1.54) is 11.0 Å². The molecule has 0 saturated heterocycles. The molecule has 1 aliphatic rings. The third-order valence-corrected chi connectivity index (χ3v) is 3.62. The number of nitro groups is 1. The van der Waals surface area contributed by atoms with E-state index in [9.17, 15) is 14.9 Å². The van der Waals surface area contributed by atoms with Gasteiger partial charge in [0.05, 0.1) is 4.92 Å². The van der Waals surface area contributed by atoms with Gasteiger partial charge in [0.15, 0.2) is 0 Å². The molecule has 108 valence electrons. The fourth-order valence-corrected chi connectivity index (χ4v) is 2.70. The molecular formula is C13H18N4O3. The number of para-hydroxylation sites is 2. The highest BCUT2D eigenvalue weighted by Gasteiger charge is 2.31. The molecular weight excluding hydrogens is 260 g/mol. The van der Waals surface area contributed by atoms with Crippen molar-refractivity contribution < 1.29 is 9.72 Å². The lowest BCUT2D eigenvalue weighted by atomic mass is 9.94. The number of anilines is 1. The third-order valence-electron chi connectivity index (χ3n) is 3.62. The number of hydrazine groups is 1. The number of nitrogens with one attached hydrogen (secondary N) is 1. The molecule has 20 heavy (non-hydrogen) atoms. The third kappa shape index (κ3) is 2.88. The number of amides is 2. The number of nitrogens with zero attached hydrogens (tertiary/aromatic N) is 2. The average Bonchev–Trinajstić information content (AvgIpc) is 2.48. The maximum Gasteiger partial charge on any atom is 0.336 e. The summed E-state index contributed by atoms with van der Waals surface area (Å²) < 4.78 is 0. The molecule has 1 fully saturated rings. The molecule has 1 aliphatic carbocycles. The monoisotopic (exact) mass is 278 g/mol. The fourth-order valence-electron chi connectivity index (χ4n) is 2.70. The number of nitro benzene ring substituents is 1. The molecule has 0 aromatic heterocycles. The van der Waals surface area contributed by atoms with Gasteiger partial charge in [-0.05, 0) is 18.9 Å². The maximum absolute atomic E-state index is 12.1. The lowest BCUT2D eigenvalue weighted by molar-refractivity contribution is -0.384. The van der Waals surface area contributed by atoms with Gasteiger partial charge >= 0.3 is 6.03 Å². The highest BCUT2D eigenvalue weighted by atomic mass is 16.6. The molecule has 0 heterocycles. The Morgan fingerprint density at radius 3 is 2.55 bits per heavy atom. The number of benzene rings is 1. The van der Waals surface area contributed by atoms with Crippen LogP contribution in [0, 0.1) is 10.1 Å². The highest BCUT2D eigenvalue weighted by molar-refractivity contribution is 5.94. The zero-order valence-corrected chi connectivity index (χ0v) is 11.1. The minimum atomic E-state index is -0.508. The number of nitrogens with two attached hydrogens (primary N) is 1. The minimum absolute atomic E-state index is 0.0478. The highest BCUT2D eigenvalue weighted by Crippen LogP contribution is 2.33. The molecule has 7 nitrogen and oxygen atoms in total. The van der Waals surface area contributed by atoms with E-state index in [0.717, 1.165) is 32.1 Å². The number of hydrogen-bond acceptors (Lipinski definition) is 4. The van der Waals surface area contributed by atoms with Crippen LogP contribution in [0.4, 0.5) is 16.2 Å². The SMILES string of the molecule is NNC(=O)N(c1ccccc1[N+](=O)[O-])C1CCCCC1. The summed E-state index contributed by atoms with van der Waals surface area (Å²) in [6.07, 6.45) is 4.82. The summed E-state index contributed by atoms with van der Waals surface area (Å²) >= 11 is 0. The molecule has 7 heteroatoms. The van der Waals surface area contributed by atoms with Crippen LogP contribution in [-0.4, -0.2) is 17.0 Å². The van der Waals surface area contributed by atoms with E-state index in [2.05, 4.69) is 5.43 Å². The van der Waals surface area contributed by atoms with E-state index in [1.807, 2.05) is 0 Å². The van der Waals surface area contributed by atoms with E-state index in [-0.39, 0.29) is 11.7 Å². The Bertz CT molecular complexity index is 500. The van der Waals surface area contributed by atoms with Gasteiger partial charge in [-0.1, -0.05) is 31.4 Å². The number of urea groups is 1. The average molecular weight is 278 g/mol. The van der Waals surface area contributed by atoms with Gasteiger partial charge in [0.25, 0.3) is 5.69 Å². The van der Waals surface area contributed by atoms with Crippen LogP contribution in [0.2, 0.25) is 0 Å². The largest absolute Gasteiger partial charge is 0.336 e. The zero-order chi connectivity index (χ0) is 14.5. The van der Waals surface area contributed by atoms with Crippen LogP contribution < -0.4 is 16.2 Å². The topological polar surface area (TPSA) is 102 Å². The van der Waals surface area contributed by atoms with Crippen LogP contribution in [0.15, 0.2) is 24.3 Å². The summed E-state index contributed by atoms with van der Waals surface area (Å²) in [4.78, 5) is 24.1. The van der Waals surface area contributed by atoms with Crippen molar-refractivity contribution in [3.8, 4) is 0 Å². The van der Waals surface area contributed by atoms with Gasteiger partial charge in [0, 0.05) is 12.1 Å². The number of carbonyl (C=O) groups is 1. The second-order valence-electron chi connectivity index (χ2n) is 4.86. The van der Waals surface area contributed by atoms with Gasteiger partial charge in [-0.15, -0.1) is 0 Å². The Morgan fingerprint density at radius 1 is 1.30 bits per heavy atom. The van der Waals surface area contributed by atoms with Crippen molar-refractivity contribution >= 4 is 17.4 Å². The summed E-state index contributed by atoms with van der Waals surface area (Å²) in [7, 11) is 0. The minimum Gasteiger partial charge on any atom is -0.284 e. The molecule has 2 amide bonds. The molecule has 1 aromatic rings. The Kier molecular flexibility index (Phi) is 4.52. The second-order valence-corrected chi connectivity index (χ2v) is 4.86. The first-order chi connectivity index (χ1) is 9.65. The molecule has 1 aromatic carbocycles. The van der Waals surface area contributed by atoms with Crippen LogP contribution in [0.25, 0.3) is 0 Å². The number of hydrogen-bond donors (Lipinski definition) is 2. The van der Waals surface area contributed by atoms with Gasteiger partial charge < -0.3 is 0 Å². The molecule has 3 N–H and O–H groups in total. The van der Waals surface area contributed by atoms with Crippen LogP contribution in [-0.2, 0) is 0 Å². The van der Waals surface area contributed by atoms with Crippen molar-refractivity contribution in [2.45, 2.75) is 38.1 Å². The first-order valence-corrected chi connectivity index (χ1v) is 6.68. The van der Waals surface area contributed by atoms with Crippen LogP contribution >= 0.6 is 0 Å². The molecule has 1 saturated carbocycles. The van der Waals surface area contributed by atoms with E-state index in [4.69, 9.17) is 5.84 Å². The second kappa shape index (κ2) is 6.33. The quantitative estimate of drug-likeness (QED) is 0.383. The summed E-state index contributed by atoms with van der Waals surface area (Å²) in [5, 5.41) is 11.1. The lowest BCUT2D eigenvalue weighted by Gasteiger charge is -2.33. The lowest BCUT2D eigenvalue weighted by Crippen LogP contribution is -2.49. The van der Waals surface area contributed by atoms with Gasteiger partial charge in [0.1, 0.15) is 5.69 Å². The Morgan fingerprint density at radius 2 is 1.95 bits per heavy atom. The summed E-state index contributed by atoms with van der Waals surface area (Å²) in [6, 6.07) is 5.69. The molecule has 0 unspecified atom stereocenters. The Balaban J connectivity index is 2.40. The van der Waals surface area contributed by atoms with Crippen LogP contribution in [0.3, 0.4) is 0 Å². The van der Waals surface area contributed by atoms with Crippen molar-refractivity contribution in [2.24, 2.45) is 5.84 Å². The summed E-state index contributed by atoms with van der Waals surface area (Å²) in [6.45, 7) is 0. The normalized spacial score (nSPS) is 15.7. The van der Waals surface area contributed by atoms with E-state index < -0.39 is 11.0 Å². The van der Waals surface area contributed by atoms with Gasteiger partial charge in [-0.25, -0.2) is 10.6 Å². The molecule has 0 atom stereocenters. The van der Waals surface area contributed by atoms with Crippen LogP contribution in [0.1, 0.15) is 32.1 Å². The molecule has 0 radical (unpaired) electrons. The predicted molar refractivity (Wildman–Crippen MR) is 75.2 cm³/mol. The van der Waals surface area contributed by atoms with Gasteiger partial charge in [-0.3, -0.25) is 20.4 Å². The first kappa shape index (κ1) is 14.3. The van der Waals surface area contributed by atoms with Crippen molar-refractivity contribution in [3.05, 3.63) is 34.4 Å². The molecule has 2 rings (SSSR count). The molecule has 0 bridgehead atoms. The predicted octanol–water partition coefficient (Wildman–Crippen LogP) is 2.32. The van der Waals surface area contributed by atoms with Crippen molar-refractivity contribution in [3.63, 3.8) is 0 Å². The van der Waals surface area contributed by atoms with Crippen molar-refractivity contribution in [2.75, 3.05) is 4.90 Å². The Hall–Kier alpha value is -2.15. The molecule has 0 spiro atoms. The van der Waals surface area contributed by atoms with Gasteiger partial charge in [-0.2, -0.15) is 0 Å². The zero-order valence-electron chi connectivity index (χ0n) is 11.1. The van der Waals surface area contributed by atoms with Gasteiger partial charge in [0.2, 0.25) is 0 Å². The standard InChI is InChI=1S/C13H18N4O3/c14-15-13(18)16(10-6-2-1-3-7-10)11-8-4-5-9-12(11)17(19)20/h4-5,8-10H,1-3,6-7,14H2,(H,15,18). The summed E-state index contributed by atoms with van der Waals surface area (Å²) in [5.41, 5.74) is 2.31. The first-order valence-electron chi connectivity index (χ1n) is 6.68. The smallest absolute Gasteiger partial charge is 0.284 e.